The summed E-state index contributed by atoms with van der Waals surface area (Å²) >= 11 is 0. The van der Waals surface area contributed by atoms with Gasteiger partial charge >= 0.3 is 5.97 Å². The second-order valence-electron chi connectivity index (χ2n) is 10.8. The van der Waals surface area contributed by atoms with Gasteiger partial charge < -0.3 is 29.7 Å². The van der Waals surface area contributed by atoms with Crippen LogP contribution in [-0.4, -0.2) is 65.9 Å². The maximum Gasteiger partial charge on any atom is 0.303 e. The summed E-state index contributed by atoms with van der Waals surface area (Å²) in [4.78, 5) is 25.1. The van der Waals surface area contributed by atoms with E-state index in [-0.39, 0.29) is 37.6 Å². The molecule has 9 nitrogen and oxygen atoms in total. The fraction of sp³-hybridized carbons (Fsp3) is 0.394. The molecule has 0 radical (unpaired) electrons. The molecule has 0 aliphatic carbocycles. The van der Waals surface area contributed by atoms with E-state index < -0.39 is 12.3 Å². The number of rotatable bonds is 11. The van der Waals surface area contributed by atoms with Crippen LogP contribution in [0.15, 0.2) is 72.8 Å². The summed E-state index contributed by atoms with van der Waals surface area (Å²) in [6.07, 6.45) is -0.236. The SMILES string of the molecule is O=C(O)CCC(=O)NCc1cccc(-c2cccc(C3OC(CN4CCOCC4)CC(c4ccc(CO)cc4)O3)c2)c1. The molecule has 1 amide bonds. The van der Waals surface area contributed by atoms with Crippen molar-refractivity contribution in [2.75, 3.05) is 32.8 Å². The average Bonchev–Trinajstić information content (AvgIpc) is 3.03. The molecular weight excluding hydrogens is 536 g/mol. The van der Waals surface area contributed by atoms with Crippen LogP contribution in [0.5, 0.6) is 0 Å². The third-order valence-corrected chi connectivity index (χ3v) is 7.66. The lowest BCUT2D eigenvalue weighted by atomic mass is 9.98. The summed E-state index contributed by atoms with van der Waals surface area (Å²) in [7, 11) is 0. The average molecular weight is 575 g/mol. The molecule has 3 N–H and O–H groups in total. The van der Waals surface area contributed by atoms with Crippen molar-refractivity contribution in [2.45, 2.75) is 50.9 Å². The zero-order valence-electron chi connectivity index (χ0n) is 23.6. The summed E-state index contributed by atoms with van der Waals surface area (Å²) in [6.45, 7) is 4.34. The van der Waals surface area contributed by atoms with Gasteiger partial charge in [0.15, 0.2) is 6.29 Å². The van der Waals surface area contributed by atoms with Gasteiger partial charge in [-0.1, -0.05) is 60.7 Å². The van der Waals surface area contributed by atoms with Crippen LogP contribution in [0, 0.1) is 0 Å². The first-order chi connectivity index (χ1) is 20.5. The van der Waals surface area contributed by atoms with Crippen LogP contribution in [0.4, 0.5) is 0 Å². The van der Waals surface area contributed by atoms with Crippen molar-refractivity contribution in [2.24, 2.45) is 0 Å². The molecular formula is C33H38N2O7. The Morgan fingerprint density at radius 1 is 0.857 bits per heavy atom. The Labute approximate surface area is 246 Å². The van der Waals surface area contributed by atoms with Crippen LogP contribution in [0.2, 0.25) is 0 Å². The highest BCUT2D eigenvalue weighted by Crippen LogP contribution is 2.39. The number of carbonyl (C=O) groups excluding carboxylic acids is 1. The minimum atomic E-state index is -0.990. The molecule has 0 aromatic heterocycles. The first kappa shape index (κ1) is 29.9. The maximum absolute atomic E-state index is 12.0. The minimum Gasteiger partial charge on any atom is -0.481 e. The number of amides is 1. The predicted octanol–water partition coefficient (Wildman–Crippen LogP) is 4.20. The first-order valence-electron chi connectivity index (χ1n) is 14.5. The number of aliphatic hydroxyl groups is 1. The van der Waals surface area contributed by atoms with Crippen LogP contribution < -0.4 is 5.32 Å². The van der Waals surface area contributed by atoms with Gasteiger partial charge in [0.25, 0.3) is 0 Å². The highest BCUT2D eigenvalue weighted by atomic mass is 16.7. The lowest BCUT2D eigenvalue weighted by Crippen LogP contribution is -2.44. The zero-order chi connectivity index (χ0) is 29.3. The zero-order valence-corrected chi connectivity index (χ0v) is 23.6. The standard InChI is InChI=1S/C33H38N2O7/c36-22-23-7-9-25(10-8-23)30-19-29(21-35-13-15-40-16-14-35)41-33(42-30)28-6-2-5-27(18-28)26-4-1-3-24(17-26)20-34-31(37)11-12-32(38)39/h1-10,17-18,29-30,33,36H,11-16,19-22H2,(H,34,37)(H,38,39). The minimum absolute atomic E-state index is 0.00226. The van der Waals surface area contributed by atoms with E-state index in [2.05, 4.69) is 16.3 Å². The number of morpholine rings is 1. The van der Waals surface area contributed by atoms with Gasteiger partial charge in [-0.2, -0.15) is 0 Å². The number of ether oxygens (including phenoxy) is 3. The molecule has 3 aromatic rings. The van der Waals surface area contributed by atoms with Crippen LogP contribution >= 0.6 is 0 Å². The highest BCUT2D eigenvalue weighted by molar-refractivity contribution is 5.80. The molecule has 222 valence electrons. The second-order valence-corrected chi connectivity index (χ2v) is 10.8. The van der Waals surface area contributed by atoms with Crippen LogP contribution in [0.1, 0.15) is 53.9 Å². The quantitative estimate of drug-likeness (QED) is 0.312. The topological polar surface area (TPSA) is 118 Å². The van der Waals surface area contributed by atoms with Crippen molar-refractivity contribution < 1.29 is 34.0 Å². The third-order valence-electron chi connectivity index (χ3n) is 7.66. The van der Waals surface area contributed by atoms with E-state index in [0.29, 0.717) is 6.54 Å². The number of nitrogens with zero attached hydrogens (tertiary/aromatic N) is 1. The summed E-state index contributed by atoms with van der Waals surface area (Å²) in [5.41, 5.74) is 5.75. The Bertz CT molecular complexity index is 1340. The van der Waals surface area contributed by atoms with Crippen molar-refractivity contribution in [3.8, 4) is 11.1 Å². The number of aliphatic hydroxyl groups excluding tert-OH is 1. The highest BCUT2D eigenvalue weighted by Gasteiger charge is 2.33. The van der Waals surface area contributed by atoms with E-state index in [9.17, 15) is 14.7 Å². The van der Waals surface area contributed by atoms with Crippen molar-refractivity contribution in [1.82, 2.24) is 10.2 Å². The van der Waals surface area contributed by atoms with E-state index in [4.69, 9.17) is 19.3 Å². The number of hydrogen-bond donors (Lipinski definition) is 3. The van der Waals surface area contributed by atoms with Gasteiger partial charge in [-0.25, -0.2) is 0 Å². The summed E-state index contributed by atoms with van der Waals surface area (Å²) in [6, 6.07) is 23.9. The molecule has 2 heterocycles. The molecule has 2 aliphatic heterocycles. The molecule has 0 saturated carbocycles. The van der Waals surface area contributed by atoms with E-state index >= 15 is 0 Å². The number of nitrogens with one attached hydrogen (secondary N) is 1. The van der Waals surface area contributed by atoms with Gasteiger partial charge in [0, 0.05) is 44.6 Å². The predicted molar refractivity (Wildman–Crippen MR) is 156 cm³/mol. The van der Waals surface area contributed by atoms with Crippen LogP contribution in [-0.2, 0) is 37.0 Å². The lowest BCUT2D eigenvalue weighted by Gasteiger charge is -2.39. The molecule has 42 heavy (non-hydrogen) atoms. The number of benzene rings is 3. The lowest BCUT2D eigenvalue weighted by molar-refractivity contribution is -0.253. The molecule has 2 aliphatic rings. The largest absolute Gasteiger partial charge is 0.481 e. The third kappa shape index (κ3) is 8.24. The fourth-order valence-electron chi connectivity index (χ4n) is 5.34. The van der Waals surface area contributed by atoms with Gasteiger partial charge in [-0.3, -0.25) is 14.5 Å². The monoisotopic (exact) mass is 574 g/mol. The van der Waals surface area contributed by atoms with Gasteiger partial charge in [0.05, 0.1) is 38.4 Å². The second kappa shape index (κ2) is 14.5. The normalized spacial score (nSPS) is 21.1. The number of carboxylic acids is 1. The molecule has 2 saturated heterocycles. The van der Waals surface area contributed by atoms with E-state index in [1.54, 1.807) is 0 Å². The van der Waals surface area contributed by atoms with Gasteiger partial charge in [-0.15, -0.1) is 0 Å². The number of hydrogen-bond acceptors (Lipinski definition) is 7. The summed E-state index contributed by atoms with van der Waals surface area (Å²) in [5.74, 6) is -1.28. The number of carbonyl (C=O) groups is 2. The number of carboxylic acid groups (broad SMARTS) is 1. The van der Waals surface area contributed by atoms with E-state index in [1.165, 1.54) is 0 Å². The van der Waals surface area contributed by atoms with Crippen molar-refractivity contribution in [3.63, 3.8) is 0 Å². The molecule has 3 atom stereocenters. The fourth-order valence-corrected chi connectivity index (χ4v) is 5.34. The van der Waals surface area contributed by atoms with Crippen LogP contribution in [0.3, 0.4) is 0 Å². The Morgan fingerprint density at radius 3 is 2.33 bits per heavy atom. The molecule has 3 aromatic carbocycles. The summed E-state index contributed by atoms with van der Waals surface area (Å²) in [5, 5.41) is 21.1. The van der Waals surface area contributed by atoms with Gasteiger partial charge in [-0.05, 0) is 39.9 Å². The molecule has 3 unspecified atom stereocenters. The molecule has 9 heteroatoms. The van der Waals surface area contributed by atoms with E-state index in [1.807, 2.05) is 66.7 Å². The molecule has 5 rings (SSSR count). The number of aliphatic carboxylic acids is 1. The Hall–Kier alpha value is -3.60. The Balaban J connectivity index is 1.32. The molecule has 0 spiro atoms. The molecule has 2 fully saturated rings. The van der Waals surface area contributed by atoms with Gasteiger partial charge in [0.1, 0.15) is 0 Å². The maximum atomic E-state index is 12.0. The van der Waals surface area contributed by atoms with E-state index in [0.717, 1.165) is 72.6 Å². The van der Waals surface area contributed by atoms with Crippen molar-refractivity contribution >= 4 is 11.9 Å². The first-order valence-corrected chi connectivity index (χ1v) is 14.5. The molecule has 0 bridgehead atoms. The summed E-state index contributed by atoms with van der Waals surface area (Å²) < 4.78 is 18.6. The van der Waals surface area contributed by atoms with Crippen molar-refractivity contribution in [1.29, 1.82) is 0 Å². The van der Waals surface area contributed by atoms with Crippen molar-refractivity contribution in [3.05, 3.63) is 95.1 Å². The van der Waals surface area contributed by atoms with Crippen LogP contribution in [0.25, 0.3) is 11.1 Å². The Morgan fingerprint density at radius 2 is 1.60 bits per heavy atom. The Kier molecular flexibility index (Phi) is 10.3. The van der Waals surface area contributed by atoms with Gasteiger partial charge in [0.2, 0.25) is 5.91 Å². The smallest absolute Gasteiger partial charge is 0.303 e.